The van der Waals surface area contributed by atoms with Gasteiger partial charge in [-0.05, 0) is 71.4 Å². The highest BCUT2D eigenvalue weighted by atomic mass is 16.7. The van der Waals surface area contributed by atoms with E-state index >= 15 is 0 Å². The Hall–Kier alpha value is -3.76. The minimum atomic E-state index is -2.04. The molecule has 1 amide bonds. The predicted octanol–water partition coefficient (Wildman–Crippen LogP) is 3.89. The van der Waals surface area contributed by atoms with Crippen molar-refractivity contribution in [3.05, 3.63) is 65.8 Å². The summed E-state index contributed by atoms with van der Waals surface area (Å²) in [6.07, 6.45) is 7.70. The Morgan fingerprint density at radius 3 is 2.38 bits per heavy atom. The average molecular weight is 544 g/mol. The predicted molar refractivity (Wildman–Crippen MR) is 143 cm³/mol. The van der Waals surface area contributed by atoms with Crippen LogP contribution in [0, 0.1) is 0 Å². The maximum absolute atomic E-state index is 12.5. The lowest BCUT2D eigenvalue weighted by Gasteiger charge is -2.51. The summed E-state index contributed by atoms with van der Waals surface area (Å²) >= 11 is 0. The van der Waals surface area contributed by atoms with Gasteiger partial charge >= 0.3 is 12.1 Å². The van der Waals surface area contributed by atoms with Crippen molar-refractivity contribution in [3.63, 3.8) is 0 Å². The third-order valence-electron chi connectivity index (χ3n) is 5.34. The lowest BCUT2D eigenvalue weighted by molar-refractivity contribution is -0.273. The summed E-state index contributed by atoms with van der Waals surface area (Å²) in [6, 6.07) is 6.74. The number of ether oxygens (including phenoxy) is 4. The van der Waals surface area contributed by atoms with Gasteiger partial charge in [0.05, 0.1) is 23.1 Å². The second-order valence-corrected chi connectivity index (χ2v) is 10.7. The first kappa shape index (κ1) is 31.5. The molecule has 0 aliphatic heterocycles. The van der Waals surface area contributed by atoms with Gasteiger partial charge in [-0.3, -0.25) is 4.79 Å². The maximum atomic E-state index is 12.5. The van der Waals surface area contributed by atoms with Crippen molar-refractivity contribution in [1.29, 1.82) is 0 Å². The Kier molecular flexibility index (Phi) is 10.4. The average Bonchev–Trinajstić information content (AvgIpc) is 2.82. The summed E-state index contributed by atoms with van der Waals surface area (Å²) in [6.45, 7) is 10.3. The number of aliphatic carboxylic acids is 1. The number of carboxylic acid groups (broad SMARTS) is 1. The van der Waals surface area contributed by atoms with E-state index in [1.807, 2.05) is 0 Å². The van der Waals surface area contributed by atoms with Gasteiger partial charge in [0.25, 0.3) is 0 Å². The molecule has 1 aromatic carbocycles. The number of carbonyl (C=O) groups is 4. The van der Waals surface area contributed by atoms with Gasteiger partial charge in [-0.15, -0.1) is 0 Å². The van der Waals surface area contributed by atoms with Gasteiger partial charge in [0, 0.05) is 0 Å². The standard InChI is InChI=1S/C29H37NO9/c1-26(2,3)38-25(35)30-15-18-36-22-11-7-10-21(20-22)28(14-9-16-31)13-8-12-23(24(33)34)29(28,37-19-17-32)39-27(4,5)6/h7-14,16-17,20H,15,18-19H2,1-6H3,(H,30,35)(H,33,34). The van der Waals surface area contributed by atoms with Gasteiger partial charge in [-0.1, -0.05) is 30.4 Å². The highest BCUT2D eigenvalue weighted by molar-refractivity contribution is 5.91. The van der Waals surface area contributed by atoms with Crippen molar-refractivity contribution in [2.75, 3.05) is 19.8 Å². The van der Waals surface area contributed by atoms with Crippen LogP contribution in [0.2, 0.25) is 0 Å². The maximum Gasteiger partial charge on any atom is 0.407 e. The van der Waals surface area contributed by atoms with E-state index in [-0.39, 0.29) is 18.7 Å². The molecule has 2 rings (SSSR count). The molecule has 0 fully saturated rings. The summed E-state index contributed by atoms with van der Waals surface area (Å²) in [7, 11) is 0. The fourth-order valence-electron chi connectivity index (χ4n) is 4.12. The number of amides is 1. The molecular formula is C29H37NO9. The monoisotopic (exact) mass is 543 g/mol. The van der Waals surface area contributed by atoms with Crippen molar-refractivity contribution < 1.29 is 43.2 Å². The Bertz CT molecular complexity index is 1140. The highest BCUT2D eigenvalue weighted by Crippen LogP contribution is 2.50. The Morgan fingerprint density at radius 1 is 1.08 bits per heavy atom. The molecule has 0 saturated carbocycles. The van der Waals surface area contributed by atoms with Crippen molar-refractivity contribution >= 4 is 24.6 Å². The lowest BCUT2D eigenvalue weighted by atomic mass is 9.67. The number of carbonyl (C=O) groups excluding carboxylic acids is 3. The quantitative estimate of drug-likeness (QED) is 0.174. The van der Waals surface area contributed by atoms with Crippen LogP contribution in [-0.4, -0.2) is 66.5 Å². The summed E-state index contributed by atoms with van der Waals surface area (Å²) in [5.41, 5.74) is -2.86. The molecule has 39 heavy (non-hydrogen) atoms. The first-order valence-corrected chi connectivity index (χ1v) is 12.4. The first-order chi connectivity index (χ1) is 18.2. The number of rotatable bonds is 12. The number of nitrogens with one attached hydrogen (secondary N) is 1. The molecule has 0 aromatic heterocycles. The minimum Gasteiger partial charge on any atom is -0.492 e. The summed E-state index contributed by atoms with van der Waals surface area (Å²) < 4.78 is 23.4. The van der Waals surface area contributed by atoms with Crippen LogP contribution < -0.4 is 10.1 Å². The molecule has 1 aliphatic rings. The van der Waals surface area contributed by atoms with Crippen molar-refractivity contribution in [1.82, 2.24) is 5.32 Å². The summed E-state index contributed by atoms with van der Waals surface area (Å²) in [5, 5.41) is 12.8. The molecule has 0 radical (unpaired) electrons. The topological polar surface area (TPSA) is 137 Å². The number of allylic oxidation sites excluding steroid dienone is 3. The first-order valence-electron chi connectivity index (χ1n) is 12.4. The molecule has 0 bridgehead atoms. The van der Waals surface area contributed by atoms with Crippen LogP contribution in [0.3, 0.4) is 0 Å². The normalized spacial score (nSPS) is 21.2. The van der Waals surface area contributed by atoms with Crippen LogP contribution in [0.5, 0.6) is 5.75 Å². The zero-order chi connectivity index (χ0) is 29.3. The van der Waals surface area contributed by atoms with Crippen LogP contribution in [0.4, 0.5) is 4.79 Å². The molecule has 2 unspecified atom stereocenters. The van der Waals surface area contributed by atoms with E-state index in [1.54, 1.807) is 71.9 Å². The van der Waals surface area contributed by atoms with Crippen LogP contribution in [0.1, 0.15) is 47.1 Å². The molecule has 10 nitrogen and oxygen atoms in total. The smallest absolute Gasteiger partial charge is 0.407 e. The van der Waals surface area contributed by atoms with Crippen LogP contribution in [0.15, 0.2) is 60.2 Å². The van der Waals surface area contributed by atoms with Gasteiger partial charge in [-0.25, -0.2) is 9.59 Å². The number of carboxylic acids is 1. The van der Waals surface area contributed by atoms with E-state index in [1.165, 1.54) is 24.3 Å². The molecule has 0 saturated heterocycles. The fraction of sp³-hybridized carbons (Fsp3) is 0.448. The van der Waals surface area contributed by atoms with Crippen LogP contribution >= 0.6 is 0 Å². The van der Waals surface area contributed by atoms with Crippen LogP contribution in [0.25, 0.3) is 0 Å². The molecule has 2 atom stereocenters. The third-order valence-corrected chi connectivity index (χ3v) is 5.34. The number of hydrogen-bond acceptors (Lipinski definition) is 8. The minimum absolute atomic E-state index is 0.112. The highest BCUT2D eigenvalue weighted by Gasteiger charge is 2.59. The molecule has 2 N–H and O–H groups in total. The van der Waals surface area contributed by atoms with Crippen LogP contribution in [-0.2, 0) is 34.0 Å². The fourth-order valence-corrected chi connectivity index (χ4v) is 4.12. The largest absolute Gasteiger partial charge is 0.492 e. The Balaban J connectivity index is 2.55. The van der Waals surface area contributed by atoms with E-state index in [4.69, 9.17) is 18.9 Å². The zero-order valence-electron chi connectivity index (χ0n) is 23.2. The molecule has 1 aliphatic carbocycles. The van der Waals surface area contributed by atoms with Crippen molar-refractivity contribution in [2.45, 2.75) is 63.9 Å². The summed E-state index contributed by atoms with van der Waals surface area (Å²) in [5.74, 6) is -2.96. The lowest BCUT2D eigenvalue weighted by Crippen LogP contribution is -2.60. The van der Waals surface area contributed by atoms with Gasteiger partial charge in [-0.2, -0.15) is 0 Å². The van der Waals surface area contributed by atoms with Gasteiger partial charge in [0.1, 0.15) is 37.1 Å². The molecular weight excluding hydrogens is 506 g/mol. The Morgan fingerprint density at radius 2 is 1.79 bits per heavy atom. The van der Waals surface area contributed by atoms with Crippen molar-refractivity contribution in [2.24, 2.45) is 0 Å². The molecule has 0 heterocycles. The Labute approximate surface area is 228 Å². The number of benzene rings is 1. The van der Waals surface area contributed by atoms with E-state index in [2.05, 4.69) is 5.32 Å². The molecule has 1 aromatic rings. The number of aldehydes is 2. The molecule has 10 heteroatoms. The zero-order valence-corrected chi connectivity index (χ0v) is 23.2. The van der Waals surface area contributed by atoms with E-state index < -0.39 is 41.1 Å². The van der Waals surface area contributed by atoms with Gasteiger partial charge in [0.15, 0.2) is 0 Å². The summed E-state index contributed by atoms with van der Waals surface area (Å²) in [4.78, 5) is 47.3. The second-order valence-electron chi connectivity index (χ2n) is 10.7. The van der Waals surface area contributed by atoms with Gasteiger partial charge < -0.3 is 34.2 Å². The van der Waals surface area contributed by atoms with Crippen molar-refractivity contribution in [3.8, 4) is 5.75 Å². The SMILES string of the molecule is CC(C)(C)OC(=O)NCCOc1cccc(C2(C=CC=O)C=CC=C(C(=O)O)C2(OCC=O)OC(C)(C)C)c1. The molecule has 0 spiro atoms. The van der Waals surface area contributed by atoms with E-state index in [0.717, 1.165) is 0 Å². The van der Waals surface area contributed by atoms with E-state index in [9.17, 15) is 24.3 Å². The number of hydrogen-bond donors (Lipinski definition) is 2. The van der Waals surface area contributed by atoms with E-state index in [0.29, 0.717) is 23.9 Å². The number of alkyl carbamates (subject to hydrolysis) is 1. The molecule has 212 valence electrons. The second kappa shape index (κ2) is 12.9. The van der Waals surface area contributed by atoms with Gasteiger partial charge in [0.2, 0.25) is 5.79 Å². The third kappa shape index (κ3) is 8.11.